The number of rotatable bonds is 2. The van der Waals surface area contributed by atoms with Crippen LogP contribution in [0.2, 0.25) is 0 Å². The van der Waals surface area contributed by atoms with Gasteiger partial charge in [-0.15, -0.1) is 0 Å². The fourth-order valence-corrected chi connectivity index (χ4v) is 1.00. The first-order chi connectivity index (χ1) is 8.33. The highest BCUT2D eigenvalue weighted by molar-refractivity contribution is 6.01. The minimum Gasteiger partial charge on any atom is -0.469 e. The number of imide groups is 1. The van der Waals surface area contributed by atoms with E-state index in [1.54, 1.807) is 7.05 Å². The van der Waals surface area contributed by atoms with E-state index in [9.17, 15) is 19.2 Å². The van der Waals surface area contributed by atoms with Crippen molar-refractivity contribution < 1.29 is 28.7 Å². The number of methoxy groups -OCH3 is 2. The number of amides is 3. The van der Waals surface area contributed by atoms with Gasteiger partial charge in [0, 0.05) is 14.1 Å². The molecule has 8 heteroatoms. The molecule has 3 amide bonds. The average Bonchev–Trinajstić information content (AvgIpc) is 2.56. The van der Waals surface area contributed by atoms with Gasteiger partial charge in [-0.25, -0.2) is 4.79 Å². The molecular weight excluding hydrogens is 244 g/mol. The number of urea groups is 1. The highest BCUT2D eigenvalue weighted by Gasteiger charge is 2.29. The lowest BCUT2D eigenvalue weighted by atomic mass is 10.4. The molecule has 8 nitrogen and oxygen atoms in total. The molecule has 0 aromatic heterocycles. The Labute approximate surface area is 104 Å². The number of carbonyl (C=O) groups is 4. The zero-order chi connectivity index (χ0) is 14.3. The van der Waals surface area contributed by atoms with Crippen molar-refractivity contribution in [2.45, 2.75) is 6.42 Å². The molecule has 1 heterocycles. The van der Waals surface area contributed by atoms with Gasteiger partial charge in [-0.3, -0.25) is 19.3 Å². The lowest BCUT2D eigenvalue weighted by molar-refractivity contribution is -0.151. The van der Waals surface area contributed by atoms with Crippen LogP contribution in [-0.4, -0.2) is 68.5 Å². The summed E-state index contributed by atoms with van der Waals surface area (Å²) in [6.07, 6.45) is -0.312. The molecule has 0 radical (unpaired) electrons. The van der Waals surface area contributed by atoms with Crippen molar-refractivity contribution in [1.82, 2.24) is 9.80 Å². The minimum absolute atomic E-state index is 0.137. The molecule has 0 aliphatic carbocycles. The van der Waals surface area contributed by atoms with Crippen LogP contribution in [0.15, 0.2) is 0 Å². The molecule has 102 valence electrons. The molecule has 1 aliphatic rings. The predicted molar refractivity (Wildman–Crippen MR) is 59.4 cm³/mol. The van der Waals surface area contributed by atoms with Crippen LogP contribution in [0.5, 0.6) is 0 Å². The van der Waals surface area contributed by atoms with Crippen molar-refractivity contribution in [3.63, 3.8) is 0 Å². The van der Waals surface area contributed by atoms with Crippen LogP contribution >= 0.6 is 0 Å². The zero-order valence-electron chi connectivity index (χ0n) is 10.8. The molecule has 0 N–H and O–H groups in total. The number of nitrogens with zero attached hydrogens (tertiary/aromatic N) is 2. The van der Waals surface area contributed by atoms with E-state index in [0.29, 0.717) is 0 Å². The van der Waals surface area contributed by atoms with Crippen LogP contribution in [0.4, 0.5) is 4.79 Å². The van der Waals surface area contributed by atoms with E-state index in [1.807, 2.05) is 0 Å². The Kier molecular flexibility index (Phi) is 6.40. The maximum Gasteiger partial charge on any atom is 0.326 e. The SMILES string of the molecule is CN1CC(=O)N(C)C1=O.COC(=O)CC(=O)OC. The second-order valence-corrected chi connectivity index (χ2v) is 3.42. The molecule has 0 saturated carbocycles. The molecule has 0 atom stereocenters. The van der Waals surface area contributed by atoms with E-state index in [4.69, 9.17) is 0 Å². The molecular formula is C10H16N2O6. The summed E-state index contributed by atoms with van der Waals surface area (Å²) in [6, 6.07) is -0.222. The second kappa shape index (κ2) is 7.25. The Bertz CT molecular complexity index is 340. The van der Waals surface area contributed by atoms with Crippen molar-refractivity contribution in [2.24, 2.45) is 0 Å². The quantitative estimate of drug-likeness (QED) is 0.368. The fraction of sp³-hybridized carbons (Fsp3) is 0.600. The molecule has 1 aliphatic heterocycles. The molecule has 0 unspecified atom stereocenters. The predicted octanol–water partition coefficient (Wildman–Crippen LogP) is -0.767. The van der Waals surface area contributed by atoms with Crippen molar-refractivity contribution in [3.8, 4) is 0 Å². The van der Waals surface area contributed by atoms with Gasteiger partial charge in [0.05, 0.1) is 14.2 Å². The molecule has 18 heavy (non-hydrogen) atoms. The molecule has 0 bridgehead atoms. The number of hydrogen-bond acceptors (Lipinski definition) is 6. The Morgan fingerprint density at radius 3 is 1.72 bits per heavy atom. The topological polar surface area (TPSA) is 93.2 Å². The largest absolute Gasteiger partial charge is 0.469 e. The maximum atomic E-state index is 10.7. The monoisotopic (exact) mass is 260 g/mol. The van der Waals surface area contributed by atoms with Crippen molar-refractivity contribution in [2.75, 3.05) is 34.9 Å². The number of ether oxygens (including phenoxy) is 2. The molecule has 0 aromatic rings. The van der Waals surface area contributed by atoms with E-state index < -0.39 is 11.9 Å². The van der Waals surface area contributed by atoms with Gasteiger partial charge in [0.2, 0.25) is 5.91 Å². The summed E-state index contributed by atoms with van der Waals surface area (Å²) in [5.74, 6) is -1.30. The summed E-state index contributed by atoms with van der Waals surface area (Å²) < 4.78 is 8.37. The fourth-order valence-electron chi connectivity index (χ4n) is 1.00. The van der Waals surface area contributed by atoms with E-state index in [2.05, 4.69) is 9.47 Å². The van der Waals surface area contributed by atoms with Crippen LogP contribution < -0.4 is 0 Å². The third-order valence-corrected chi connectivity index (χ3v) is 2.10. The Balaban J connectivity index is 0.000000321. The van der Waals surface area contributed by atoms with Crippen molar-refractivity contribution in [3.05, 3.63) is 0 Å². The first kappa shape index (κ1) is 15.9. The van der Waals surface area contributed by atoms with Crippen LogP contribution in [0.25, 0.3) is 0 Å². The van der Waals surface area contributed by atoms with Gasteiger partial charge in [0.1, 0.15) is 13.0 Å². The van der Waals surface area contributed by atoms with Gasteiger partial charge in [0.15, 0.2) is 0 Å². The van der Waals surface area contributed by atoms with Crippen LogP contribution in [0.1, 0.15) is 6.42 Å². The standard InChI is InChI=1S/C5H8N2O2.C5H8O4/c1-6-3-4(8)7(2)5(6)9;1-8-4(6)3-5(7)9-2/h2*3H2,1-2H3. The summed E-state index contributed by atoms with van der Waals surface area (Å²) >= 11 is 0. The smallest absolute Gasteiger partial charge is 0.326 e. The normalized spacial score (nSPS) is 14.0. The minimum atomic E-state index is -0.582. The van der Waals surface area contributed by atoms with Gasteiger partial charge >= 0.3 is 18.0 Å². The number of hydrogen-bond donors (Lipinski definition) is 0. The summed E-state index contributed by atoms with van der Waals surface area (Å²) in [6.45, 7) is 0.218. The molecule has 0 spiro atoms. The van der Waals surface area contributed by atoms with E-state index >= 15 is 0 Å². The maximum absolute atomic E-state index is 10.7. The Morgan fingerprint density at radius 1 is 1.11 bits per heavy atom. The first-order valence-electron chi connectivity index (χ1n) is 4.98. The molecule has 1 rings (SSSR count). The summed E-state index contributed by atoms with van der Waals surface area (Å²) in [5, 5.41) is 0. The van der Waals surface area contributed by atoms with Crippen molar-refractivity contribution in [1.29, 1.82) is 0 Å². The Morgan fingerprint density at radius 2 is 1.56 bits per heavy atom. The lowest BCUT2D eigenvalue weighted by Crippen LogP contribution is -2.27. The third kappa shape index (κ3) is 4.81. The summed E-state index contributed by atoms with van der Waals surface area (Å²) in [4.78, 5) is 44.4. The van der Waals surface area contributed by atoms with Gasteiger partial charge in [0.25, 0.3) is 0 Å². The lowest BCUT2D eigenvalue weighted by Gasteiger charge is -2.05. The second-order valence-electron chi connectivity index (χ2n) is 3.42. The average molecular weight is 260 g/mol. The van der Waals surface area contributed by atoms with Crippen LogP contribution in [-0.2, 0) is 23.9 Å². The Hall–Kier alpha value is -2.12. The third-order valence-electron chi connectivity index (χ3n) is 2.10. The first-order valence-corrected chi connectivity index (χ1v) is 4.98. The molecule has 1 saturated heterocycles. The van der Waals surface area contributed by atoms with E-state index in [0.717, 1.165) is 4.90 Å². The van der Waals surface area contributed by atoms with Gasteiger partial charge in [-0.05, 0) is 0 Å². The van der Waals surface area contributed by atoms with E-state index in [1.165, 1.54) is 26.2 Å². The number of likely N-dealkylation sites (N-methyl/N-ethyl adjacent to an activating group) is 2. The van der Waals surface area contributed by atoms with Gasteiger partial charge in [-0.1, -0.05) is 0 Å². The number of carbonyl (C=O) groups excluding carboxylic acids is 4. The van der Waals surface area contributed by atoms with E-state index in [-0.39, 0.29) is 24.9 Å². The highest BCUT2D eigenvalue weighted by atomic mass is 16.5. The van der Waals surface area contributed by atoms with Gasteiger partial charge < -0.3 is 14.4 Å². The molecule has 1 fully saturated rings. The van der Waals surface area contributed by atoms with Crippen LogP contribution in [0.3, 0.4) is 0 Å². The molecule has 0 aromatic carbocycles. The zero-order valence-corrected chi connectivity index (χ0v) is 10.8. The summed E-state index contributed by atoms with van der Waals surface area (Å²) in [7, 11) is 5.51. The highest BCUT2D eigenvalue weighted by Crippen LogP contribution is 2.02. The summed E-state index contributed by atoms with van der Waals surface area (Å²) in [5.41, 5.74) is 0. The van der Waals surface area contributed by atoms with Crippen molar-refractivity contribution >= 4 is 23.9 Å². The van der Waals surface area contributed by atoms with Crippen LogP contribution in [0, 0.1) is 0 Å². The number of esters is 2. The van der Waals surface area contributed by atoms with Gasteiger partial charge in [-0.2, -0.15) is 0 Å².